The third-order valence-corrected chi connectivity index (χ3v) is 6.38. The van der Waals surface area contributed by atoms with Crippen molar-refractivity contribution in [3.8, 4) is 0 Å². The zero-order chi connectivity index (χ0) is 24.1. The molecule has 0 saturated carbocycles. The van der Waals surface area contributed by atoms with E-state index in [4.69, 9.17) is 40.6 Å². The van der Waals surface area contributed by atoms with Gasteiger partial charge in [-0.1, -0.05) is 0 Å². The maximum absolute atomic E-state index is 11.3. The Bertz CT molecular complexity index is 987. The van der Waals surface area contributed by atoms with Crippen LogP contribution in [0, 0.1) is 20.2 Å². The molecule has 3 fully saturated rings. The SMILES string of the molecule is CC1(C)OC2OC(COC(=S)Sc3ccc([N+](=O)[O-])cc3[N+](=O)[O-])C3OC(C)(C)OC3C2O1. The molecule has 1 aromatic carbocycles. The molecule has 3 heterocycles. The second-order valence-corrected chi connectivity index (χ2v) is 10.2. The summed E-state index contributed by atoms with van der Waals surface area (Å²) >= 11 is 6.04. The summed E-state index contributed by atoms with van der Waals surface area (Å²) in [6, 6.07) is 3.30. The molecule has 3 aliphatic heterocycles. The lowest BCUT2D eigenvalue weighted by atomic mass is 9.99. The molecule has 0 aliphatic carbocycles. The summed E-state index contributed by atoms with van der Waals surface area (Å²) in [5.41, 5.74) is -0.832. The number of hydrogen-bond acceptors (Lipinski definition) is 12. The second-order valence-electron chi connectivity index (χ2n) is 8.54. The van der Waals surface area contributed by atoms with Crippen LogP contribution >= 0.6 is 24.0 Å². The molecule has 0 radical (unpaired) electrons. The van der Waals surface area contributed by atoms with Crippen LogP contribution in [0.2, 0.25) is 0 Å². The molecule has 12 nitrogen and oxygen atoms in total. The summed E-state index contributed by atoms with van der Waals surface area (Å²) in [7, 11) is 0. The molecule has 0 N–H and O–H groups in total. The number of thioether (sulfide) groups is 1. The number of fused-ring (bicyclic) bond motifs is 3. The molecular weight excluding hydrogens is 480 g/mol. The number of ether oxygens (including phenoxy) is 6. The predicted octanol–water partition coefficient (Wildman–Crippen LogP) is 3.29. The average molecular weight is 503 g/mol. The maximum atomic E-state index is 11.3. The number of benzene rings is 1. The van der Waals surface area contributed by atoms with Crippen molar-refractivity contribution in [2.75, 3.05) is 6.61 Å². The highest BCUT2D eigenvalue weighted by atomic mass is 32.2. The number of nitro benzene ring substituents is 2. The van der Waals surface area contributed by atoms with Crippen LogP contribution in [0.5, 0.6) is 0 Å². The van der Waals surface area contributed by atoms with Gasteiger partial charge in [-0.2, -0.15) is 0 Å². The molecule has 180 valence electrons. The van der Waals surface area contributed by atoms with E-state index >= 15 is 0 Å². The molecule has 33 heavy (non-hydrogen) atoms. The van der Waals surface area contributed by atoms with Gasteiger partial charge in [0, 0.05) is 6.07 Å². The van der Waals surface area contributed by atoms with Crippen LogP contribution in [0.3, 0.4) is 0 Å². The zero-order valence-corrected chi connectivity index (χ0v) is 19.8. The van der Waals surface area contributed by atoms with Gasteiger partial charge in [0.05, 0.1) is 20.8 Å². The van der Waals surface area contributed by atoms with Crippen LogP contribution < -0.4 is 0 Å². The Balaban J connectivity index is 1.44. The summed E-state index contributed by atoms with van der Waals surface area (Å²) in [5.74, 6) is -1.72. The number of thiocarbonyl (C=S) groups is 1. The van der Waals surface area contributed by atoms with E-state index in [2.05, 4.69) is 0 Å². The molecular formula is C19H22N2O10S2. The molecule has 5 unspecified atom stereocenters. The van der Waals surface area contributed by atoms with Crippen LogP contribution in [0.25, 0.3) is 0 Å². The number of rotatable bonds is 5. The third-order valence-electron chi connectivity index (χ3n) is 5.16. The Morgan fingerprint density at radius 2 is 1.67 bits per heavy atom. The first-order chi connectivity index (χ1) is 15.3. The topological polar surface area (TPSA) is 142 Å². The van der Waals surface area contributed by atoms with E-state index in [9.17, 15) is 20.2 Å². The van der Waals surface area contributed by atoms with E-state index in [1.54, 1.807) is 27.7 Å². The highest BCUT2D eigenvalue weighted by Gasteiger charge is 2.60. The Morgan fingerprint density at radius 3 is 2.33 bits per heavy atom. The van der Waals surface area contributed by atoms with Gasteiger partial charge < -0.3 is 28.4 Å². The van der Waals surface area contributed by atoms with Crippen molar-refractivity contribution in [3.63, 3.8) is 0 Å². The van der Waals surface area contributed by atoms with Crippen molar-refractivity contribution < 1.29 is 38.3 Å². The van der Waals surface area contributed by atoms with E-state index in [0.29, 0.717) is 0 Å². The van der Waals surface area contributed by atoms with Gasteiger partial charge in [0.2, 0.25) is 4.38 Å². The molecule has 4 rings (SSSR count). The van der Waals surface area contributed by atoms with E-state index < -0.39 is 63.5 Å². The molecule has 0 aromatic heterocycles. The molecule has 0 bridgehead atoms. The summed E-state index contributed by atoms with van der Waals surface area (Å²) in [4.78, 5) is 21.0. The van der Waals surface area contributed by atoms with Gasteiger partial charge in [-0.25, -0.2) is 0 Å². The minimum atomic E-state index is -0.865. The Hall–Kier alpha value is -1.94. The lowest BCUT2D eigenvalue weighted by Crippen LogP contribution is -2.56. The Labute approximate surface area is 198 Å². The predicted molar refractivity (Wildman–Crippen MR) is 117 cm³/mol. The van der Waals surface area contributed by atoms with Gasteiger partial charge in [-0.3, -0.25) is 20.2 Å². The Kier molecular flexibility index (Phi) is 6.37. The van der Waals surface area contributed by atoms with Crippen molar-refractivity contribution >= 4 is 39.7 Å². The summed E-state index contributed by atoms with van der Waals surface area (Å²) in [5, 5.41) is 22.2. The van der Waals surface area contributed by atoms with E-state index in [-0.39, 0.29) is 15.9 Å². The Morgan fingerprint density at radius 1 is 1.03 bits per heavy atom. The molecule has 3 aliphatic rings. The molecule has 3 saturated heterocycles. The fourth-order valence-corrected chi connectivity index (χ4v) is 4.96. The van der Waals surface area contributed by atoms with E-state index in [1.807, 2.05) is 0 Å². The van der Waals surface area contributed by atoms with Crippen molar-refractivity contribution in [1.82, 2.24) is 0 Å². The largest absolute Gasteiger partial charge is 0.475 e. The van der Waals surface area contributed by atoms with Crippen LogP contribution in [0.1, 0.15) is 27.7 Å². The van der Waals surface area contributed by atoms with E-state index in [1.165, 1.54) is 6.07 Å². The van der Waals surface area contributed by atoms with Gasteiger partial charge >= 0.3 is 0 Å². The highest BCUT2D eigenvalue weighted by molar-refractivity contribution is 8.22. The van der Waals surface area contributed by atoms with Crippen LogP contribution in [0.15, 0.2) is 23.1 Å². The first-order valence-electron chi connectivity index (χ1n) is 9.99. The molecule has 1 aromatic rings. The minimum absolute atomic E-state index is 0.0173. The molecule has 5 atom stereocenters. The second kappa shape index (κ2) is 8.69. The highest BCUT2D eigenvalue weighted by Crippen LogP contribution is 2.44. The lowest BCUT2D eigenvalue weighted by Gasteiger charge is -2.37. The summed E-state index contributed by atoms with van der Waals surface area (Å²) in [6.07, 6.45) is -2.75. The maximum Gasteiger partial charge on any atom is 0.290 e. The first kappa shape index (κ1) is 24.2. The lowest BCUT2D eigenvalue weighted by molar-refractivity contribution is -0.396. The normalized spacial score (nSPS) is 31.5. The standard InChI is InChI=1S/C19H22N2O10S2/c1-18(2)28-13-11(27-16-15(14(13)29-18)30-19(3,4)31-16)8-26-17(32)33-12-6-5-9(20(22)23)7-10(12)21(24)25/h5-7,11,13-16H,8H2,1-4H3. The van der Waals surface area contributed by atoms with E-state index in [0.717, 1.165) is 23.9 Å². The van der Waals surface area contributed by atoms with Crippen LogP contribution in [-0.2, 0) is 28.4 Å². The zero-order valence-electron chi connectivity index (χ0n) is 18.1. The van der Waals surface area contributed by atoms with Crippen LogP contribution in [0.4, 0.5) is 11.4 Å². The molecule has 14 heteroatoms. The van der Waals surface area contributed by atoms with Gasteiger partial charge in [0.25, 0.3) is 11.4 Å². The van der Waals surface area contributed by atoms with Crippen LogP contribution in [-0.4, -0.2) is 63.1 Å². The average Bonchev–Trinajstić information content (AvgIpc) is 3.19. The number of hydrogen-bond donors (Lipinski definition) is 0. The van der Waals surface area contributed by atoms with Gasteiger partial charge in [0.15, 0.2) is 17.9 Å². The molecule has 0 spiro atoms. The summed E-state index contributed by atoms with van der Waals surface area (Å²) < 4.78 is 35.5. The van der Waals surface area contributed by atoms with Gasteiger partial charge in [-0.15, -0.1) is 0 Å². The third kappa shape index (κ3) is 5.11. The number of nitro groups is 2. The van der Waals surface area contributed by atoms with Crippen molar-refractivity contribution in [2.45, 2.75) is 74.9 Å². The quantitative estimate of drug-likeness (QED) is 0.252. The number of nitrogens with zero attached hydrogens (tertiary/aromatic N) is 2. The summed E-state index contributed by atoms with van der Waals surface area (Å²) in [6.45, 7) is 7.10. The van der Waals surface area contributed by atoms with Gasteiger partial charge in [-0.05, 0) is 57.7 Å². The fraction of sp³-hybridized carbons (Fsp3) is 0.632. The van der Waals surface area contributed by atoms with Crippen molar-refractivity contribution in [3.05, 3.63) is 38.4 Å². The number of non-ortho nitro benzene ring substituents is 1. The van der Waals surface area contributed by atoms with Crippen molar-refractivity contribution in [2.24, 2.45) is 0 Å². The van der Waals surface area contributed by atoms with Gasteiger partial charge in [0.1, 0.15) is 31.0 Å². The smallest absolute Gasteiger partial charge is 0.290 e. The monoisotopic (exact) mass is 502 g/mol. The van der Waals surface area contributed by atoms with Crippen molar-refractivity contribution in [1.29, 1.82) is 0 Å². The molecule has 0 amide bonds. The fourth-order valence-electron chi connectivity index (χ4n) is 3.95. The minimum Gasteiger partial charge on any atom is -0.475 e. The first-order valence-corrected chi connectivity index (χ1v) is 11.2.